The number of hydrogen-bond donors (Lipinski definition) is 0. The number of halogens is 1. The third-order valence-electron chi connectivity index (χ3n) is 3.13. The van der Waals surface area contributed by atoms with Gasteiger partial charge in [0.05, 0.1) is 17.2 Å². The van der Waals surface area contributed by atoms with Crippen LogP contribution >= 0.6 is 11.6 Å². The molecule has 0 radical (unpaired) electrons. The zero-order chi connectivity index (χ0) is 10.7. The molecule has 1 fully saturated rings. The van der Waals surface area contributed by atoms with E-state index in [0.717, 1.165) is 31.4 Å². The van der Waals surface area contributed by atoms with Gasteiger partial charge in [0.15, 0.2) is 0 Å². The number of rotatable bonds is 1. The molecule has 0 bridgehead atoms. The molecule has 0 spiro atoms. The summed E-state index contributed by atoms with van der Waals surface area (Å²) in [5, 5.41) is 9.83. The summed E-state index contributed by atoms with van der Waals surface area (Å²) in [7, 11) is 0. The molecular formula is C12H13ClN2. The fraction of sp³-hybridized carbons (Fsp3) is 0.500. The molecular weight excluding hydrogens is 208 g/mol. The smallest absolute Gasteiger partial charge is 0.129 e. The monoisotopic (exact) mass is 220 g/mol. The van der Waals surface area contributed by atoms with Crippen LogP contribution in [-0.2, 0) is 5.41 Å². The number of hydrogen-bond acceptors (Lipinski definition) is 2. The Bertz CT molecular complexity index is 389. The molecule has 1 saturated carbocycles. The Morgan fingerprint density at radius 3 is 2.60 bits per heavy atom. The Balaban J connectivity index is 2.37. The first kappa shape index (κ1) is 10.4. The topological polar surface area (TPSA) is 36.7 Å². The Morgan fingerprint density at radius 1 is 1.27 bits per heavy atom. The molecule has 0 saturated heterocycles. The second-order valence-electron chi connectivity index (χ2n) is 4.10. The minimum absolute atomic E-state index is 0.386. The van der Waals surface area contributed by atoms with Crippen LogP contribution in [0.1, 0.15) is 37.8 Å². The first-order chi connectivity index (χ1) is 7.27. The van der Waals surface area contributed by atoms with Crippen molar-refractivity contribution < 1.29 is 0 Å². The van der Waals surface area contributed by atoms with Crippen LogP contribution in [0, 0.1) is 11.3 Å². The lowest BCUT2D eigenvalue weighted by Crippen LogP contribution is -2.28. The van der Waals surface area contributed by atoms with Gasteiger partial charge >= 0.3 is 0 Å². The summed E-state index contributed by atoms with van der Waals surface area (Å²) in [6.07, 6.45) is 5.28. The van der Waals surface area contributed by atoms with Crippen molar-refractivity contribution in [3.8, 4) is 6.07 Å². The summed E-state index contributed by atoms with van der Waals surface area (Å²) in [6.45, 7) is 0. The molecule has 2 nitrogen and oxygen atoms in total. The third kappa shape index (κ3) is 1.98. The van der Waals surface area contributed by atoms with Crippen molar-refractivity contribution >= 4 is 11.6 Å². The Hall–Kier alpha value is -1.07. The van der Waals surface area contributed by atoms with Gasteiger partial charge in [0.25, 0.3) is 0 Å². The summed E-state index contributed by atoms with van der Waals surface area (Å²) in [5.41, 5.74) is 0.459. The van der Waals surface area contributed by atoms with Crippen LogP contribution in [0.15, 0.2) is 18.2 Å². The van der Waals surface area contributed by atoms with E-state index in [9.17, 15) is 5.26 Å². The fourth-order valence-corrected chi connectivity index (χ4v) is 2.42. The van der Waals surface area contributed by atoms with Gasteiger partial charge in [-0.2, -0.15) is 5.26 Å². The molecule has 1 heterocycles. The van der Waals surface area contributed by atoms with E-state index >= 15 is 0 Å². The van der Waals surface area contributed by atoms with E-state index < -0.39 is 0 Å². The van der Waals surface area contributed by atoms with Gasteiger partial charge in [-0.25, -0.2) is 4.98 Å². The van der Waals surface area contributed by atoms with Crippen LogP contribution in [0.25, 0.3) is 0 Å². The summed E-state index contributed by atoms with van der Waals surface area (Å²) < 4.78 is 0. The van der Waals surface area contributed by atoms with E-state index in [1.54, 1.807) is 6.07 Å². The number of nitrogens with zero attached hydrogens (tertiary/aromatic N) is 2. The first-order valence-electron chi connectivity index (χ1n) is 5.31. The van der Waals surface area contributed by atoms with Crippen molar-refractivity contribution in [2.24, 2.45) is 0 Å². The largest absolute Gasteiger partial charge is 0.239 e. The molecule has 2 rings (SSSR count). The van der Waals surface area contributed by atoms with Gasteiger partial charge in [0.1, 0.15) is 5.15 Å². The quantitative estimate of drug-likeness (QED) is 0.680. The predicted octanol–water partition coefficient (Wildman–Crippen LogP) is 3.46. The molecule has 1 aromatic rings. The highest BCUT2D eigenvalue weighted by Crippen LogP contribution is 2.38. The summed E-state index contributed by atoms with van der Waals surface area (Å²) in [5.74, 6) is 0. The van der Waals surface area contributed by atoms with Gasteiger partial charge < -0.3 is 0 Å². The molecule has 0 amide bonds. The summed E-state index contributed by atoms with van der Waals surface area (Å²) in [4.78, 5) is 4.28. The van der Waals surface area contributed by atoms with Gasteiger partial charge in [-0.15, -0.1) is 0 Å². The maximum atomic E-state index is 9.35. The van der Waals surface area contributed by atoms with Crippen LogP contribution < -0.4 is 0 Å². The van der Waals surface area contributed by atoms with E-state index in [0.29, 0.717) is 5.15 Å². The molecule has 0 aromatic carbocycles. The van der Waals surface area contributed by atoms with Gasteiger partial charge in [0.2, 0.25) is 0 Å². The van der Waals surface area contributed by atoms with Crippen molar-refractivity contribution in [2.75, 3.05) is 0 Å². The lowest BCUT2D eigenvalue weighted by Gasteiger charge is -2.29. The lowest BCUT2D eigenvalue weighted by atomic mass is 9.73. The average Bonchev–Trinajstić information content (AvgIpc) is 2.30. The number of aromatic nitrogens is 1. The minimum Gasteiger partial charge on any atom is -0.239 e. The normalized spacial score (nSPS) is 19.5. The standard InChI is InChI=1S/C12H13ClN2/c13-11-6-4-5-10(15-11)12(9-14)7-2-1-3-8-12/h4-6H,1-3,7-8H2. The number of pyridine rings is 1. The van der Waals surface area contributed by atoms with Crippen molar-refractivity contribution in [3.05, 3.63) is 29.0 Å². The van der Waals surface area contributed by atoms with Crippen LogP contribution in [0.5, 0.6) is 0 Å². The lowest BCUT2D eigenvalue weighted by molar-refractivity contribution is 0.358. The second kappa shape index (κ2) is 4.20. The maximum absolute atomic E-state index is 9.35. The third-order valence-corrected chi connectivity index (χ3v) is 3.34. The molecule has 15 heavy (non-hydrogen) atoms. The van der Waals surface area contributed by atoms with E-state index in [2.05, 4.69) is 11.1 Å². The predicted molar refractivity (Wildman–Crippen MR) is 59.6 cm³/mol. The zero-order valence-electron chi connectivity index (χ0n) is 8.54. The number of nitriles is 1. The van der Waals surface area contributed by atoms with Crippen molar-refractivity contribution in [1.82, 2.24) is 4.98 Å². The molecule has 0 unspecified atom stereocenters. The molecule has 0 aliphatic heterocycles. The summed E-state index contributed by atoms with van der Waals surface area (Å²) >= 11 is 5.86. The van der Waals surface area contributed by atoms with Gasteiger partial charge in [-0.05, 0) is 25.0 Å². The highest BCUT2D eigenvalue weighted by Gasteiger charge is 2.35. The SMILES string of the molecule is N#CC1(c2cccc(Cl)n2)CCCCC1. The molecule has 3 heteroatoms. The average molecular weight is 221 g/mol. The Morgan fingerprint density at radius 2 is 2.00 bits per heavy atom. The van der Waals surface area contributed by atoms with Crippen LogP contribution in [0.2, 0.25) is 5.15 Å². The molecule has 78 valence electrons. The minimum atomic E-state index is -0.386. The Labute approximate surface area is 94.9 Å². The van der Waals surface area contributed by atoms with Gasteiger partial charge in [0, 0.05) is 0 Å². The van der Waals surface area contributed by atoms with Crippen LogP contribution in [-0.4, -0.2) is 4.98 Å². The highest BCUT2D eigenvalue weighted by molar-refractivity contribution is 6.29. The zero-order valence-corrected chi connectivity index (χ0v) is 9.30. The van der Waals surface area contributed by atoms with Crippen molar-refractivity contribution in [3.63, 3.8) is 0 Å². The van der Waals surface area contributed by atoms with E-state index in [1.807, 2.05) is 12.1 Å². The molecule has 1 aliphatic rings. The van der Waals surface area contributed by atoms with Gasteiger partial charge in [-0.3, -0.25) is 0 Å². The highest BCUT2D eigenvalue weighted by atomic mass is 35.5. The van der Waals surface area contributed by atoms with Crippen molar-refractivity contribution in [2.45, 2.75) is 37.5 Å². The van der Waals surface area contributed by atoms with E-state index in [-0.39, 0.29) is 5.41 Å². The molecule has 1 aliphatic carbocycles. The van der Waals surface area contributed by atoms with E-state index in [4.69, 9.17) is 11.6 Å². The molecule has 0 N–H and O–H groups in total. The summed E-state index contributed by atoms with van der Waals surface area (Å²) in [6, 6.07) is 7.98. The van der Waals surface area contributed by atoms with Crippen molar-refractivity contribution in [1.29, 1.82) is 5.26 Å². The van der Waals surface area contributed by atoms with E-state index in [1.165, 1.54) is 6.42 Å². The fourth-order valence-electron chi connectivity index (χ4n) is 2.26. The maximum Gasteiger partial charge on any atom is 0.129 e. The Kier molecular flexibility index (Phi) is 2.93. The van der Waals surface area contributed by atoms with Crippen LogP contribution in [0.3, 0.4) is 0 Å². The first-order valence-corrected chi connectivity index (χ1v) is 5.69. The second-order valence-corrected chi connectivity index (χ2v) is 4.49. The molecule has 1 aromatic heterocycles. The molecule has 0 atom stereocenters. The van der Waals surface area contributed by atoms with Crippen LogP contribution in [0.4, 0.5) is 0 Å². The van der Waals surface area contributed by atoms with Gasteiger partial charge in [-0.1, -0.05) is 36.9 Å².